The highest BCUT2D eigenvalue weighted by molar-refractivity contribution is 7.98. The van der Waals surface area contributed by atoms with Gasteiger partial charge in [-0.15, -0.1) is 11.8 Å². The molecule has 0 aliphatic rings. The number of hydrogen-bond donors (Lipinski definition) is 0. The minimum Gasteiger partial charge on any atom is -0.129 e. The van der Waals surface area contributed by atoms with Crippen LogP contribution in [0.2, 0.25) is 0 Å². The molecule has 0 saturated heterocycles. The van der Waals surface area contributed by atoms with Crippen LogP contribution in [0.4, 0.5) is 0 Å². The third kappa shape index (κ3) is 2.90. The number of benzene rings is 1. The second-order valence-corrected chi connectivity index (χ2v) is 3.25. The fraction of sp³-hybridized carbons (Fsp3) is 0.455. The van der Waals surface area contributed by atoms with E-state index in [1.165, 1.54) is 16.0 Å². The lowest BCUT2D eigenvalue weighted by atomic mass is 10.1. The molecule has 0 spiro atoms. The molecule has 0 N–H and O–H groups in total. The number of rotatable bonds is 1. The van der Waals surface area contributed by atoms with E-state index in [1.54, 1.807) is 0 Å². The van der Waals surface area contributed by atoms with Gasteiger partial charge >= 0.3 is 0 Å². The molecule has 0 amide bonds. The molecular weight excluding hydrogens is 164 g/mol. The molecule has 0 fully saturated rings. The molecule has 12 heavy (non-hydrogen) atoms. The summed E-state index contributed by atoms with van der Waals surface area (Å²) in [5, 5.41) is 0. The van der Waals surface area contributed by atoms with Crippen LogP contribution in [0.3, 0.4) is 0 Å². The van der Waals surface area contributed by atoms with Crippen molar-refractivity contribution in [3.05, 3.63) is 29.3 Å². The maximum Gasteiger partial charge on any atom is 0.0101 e. The first-order valence-electron chi connectivity index (χ1n) is 4.36. The monoisotopic (exact) mass is 182 g/mol. The predicted octanol–water partition coefficient (Wildman–Crippen LogP) is 4.05. The summed E-state index contributed by atoms with van der Waals surface area (Å²) in [4.78, 5) is 1.39. The van der Waals surface area contributed by atoms with E-state index in [0.717, 1.165) is 0 Å². The van der Waals surface area contributed by atoms with E-state index in [2.05, 4.69) is 38.3 Å². The Morgan fingerprint density at radius 1 is 1.08 bits per heavy atom. The van der Waals surface area contributed by atoms with Crippen molar-refractivity contribution in [1.82, 2.24) is 0 Å². The lowest BCUT2D eigenvalue weighted by Gasteiger charge is -2.03. The predicted molar refractivity (Wildman–Crippen MR) is 59.0 cm³/mol. The van der Waals surface area contributed by atoms with Gasteiger partial charge in [-0.1, -0.05) is 26.0 Å². The zero-order chi connectivity index (χ0) is 9.56. The third-order valence-corrected chi connectivity index (χ3v) is 2.66. The summed E-state index contributed by atoms with van der Waals surface area (Å²) in [5.41, 5.74) is 2.79. The highest BCUT2D eigenvalue weighted by atomic mass is 32.2. The van der Waals surface area contributed by atoms with Crippen LogP contribution >= 0.6 is 11.8 Å². The minimum absolute atomic E-state index is 1.38. The van der Waals surface area contributed by atoms with Gasteiger partial charge in [0, 0.05) is 4.90 Å². The molecule has 0 aliphatic heterocycles. The van der Waals surface area contributed by atoms with E-state index >= 15 is 0 Å². The van der Waals surface area contributed by atoms with Crippen molar-refractivity contribution < 1.29 is 0 Å². The Hall–Kier alpha value is -0.430. The fourth-order valence-corrected chi connectivity index (χ4v) is 1.63. The van der Waals surface area contributed by atoms with Gasteiger partial charge in [-0.2, -0.15) is 0 Å². The Morgan fingerprint density at radius 2 is 1.67 bits per heavy atom. The molecule has 0 saturated carbocycles. The molecular formula is C11H18S. The van der Waals surface area contributed by atoms with Crippen LogP contribution in [0, 0.1) is 13.8 Å². The van der Waals surface area contributed by atoms with Crippen molar-refractivity contribution in [3.63, 3.8) is 0 Å². The average molecular weight is 182 g/mol. The van der Waals surface area contributed by atoms with Crippen LogP contribution in [0.25, 0.3) is 0 Å². The Bertz CT molecular complexity index is 228. The van der Waals surface area contributed by atoms with Crippen molar-refractivity contribution in [3.8, 4) is 0 Å². The van der Waals surface area contributed by atoms with Gasteiger partial charge in [0.05, 0.1) is 0 Å². The summed E-state index contributed by atoms with van der Waals surface area (Å²) in [7, 11) is 0. The first-order chi connectivity index (χ1) is 5.75. The Morgan fingerprint density at radius 3 is 2.08 bits per heavy atom. The Balaban J connectivity index is 0.000000561. The number of hydrogen-bond acceptors (Lipinski definition) is 1. The van der Waals surface area contributed by atoms with Gasteiger partial charge in [0.15, 0.2) is 0 Å². The maximum absolute atomic E-state index is 2.17. The summed E-state index contributed by atoms with van der Waals surface area (Å²) >= 11 is 1.81. The van der Waals surface area contributed by atoms with Crippen LogP contribution < -0.4 is 0 Å². The van der Waals surface area contributed by atoms with E-state index in [0.29, 0.717) is 0 Å². The van der Waals surface area contributed by atoms with Gasteiger partial charge in [0.2, 0.25) is 0 Å². The van der Waals surface area contributed by atoms with Gasteiger partial charge in [-0.25, -0.2) is 0 Å². The topological polar surface area (TPSA) is 0 Å². The summed E-state index contributed by atoms with van der Waals surface area (Å²) in [6.45, 7) is 8.32. The highest BCUT2D eigenvalue weighted by Crippen LogP contribution is 2.21. The van der Waals surface area contributed by atoms with Gasteiger partial charge in [-0.05, 0) is 37.3 Å². The van der Waals surface area contributed by atoms with E-state index in [1.807, 2.05) is 25.6 Å². The first-order valence-corrected chi connectivity index (χ1v) is 5.58. The molecule has 0 aliphatic carbocycles. The van der Waals surface area contributed by atoms with Gasteiger partial charge < -0.3 is 0 Å². The number of aryl methyl sites for hydroxylation is 1. The molecule has 68 valence electrons. The summed E-state index contributed by atoms with van der Waals surface area (Å²) in [6, 6.07) is 6.41. The summed E-state index contributed by atoms with van der Waals surface area (Å²) in [5.74, 6) is 0. The SMILES string of the molecule is CC.CSc1cccc(C)c1C. The van der Waals surface area contributed by atoms with Crippen molar-refractivity contribution in [2.45, 2.75) is 32.6 Å². The minimum atomic E-state index is 1.38. The van der Waals surface area contributed by atoms with E-state index in [4.69, 9.17) is 0 Å². The fourth-order valence-electron chi connectivity index (χ4n) is 0.945. The Kier molecular flexibility index (Phi) is 5.91. The lowest BCUT2D eigenvalue weighted by molar-refractivity contribution is 1.23. The van der Waals surface area contributed by atoms with Crippen molar-refractivity contribution in [1.29, 1.82) is 0 Å². The molecule has 1 aromatic rings. The second kappa shape index (κ2) is 6.13. The zero-order valence-electron chi connectivity index (χ0n) is 8.64. The number of thioether (sulfide) groups is 1. The largest absolute Gasteiger partial charge is 0.129 e. The Labute approximate surface area is 80.4 Å². The molecule has 0 bridgehead atoms. The zero-order valence-corrected chi connectivity index (χ0v) is 9.46. The standard InChI is InChI=1S/C9H12S.C2H6/c1-7-5-4-6-9(10-3)8(7)2;1-2/h4-6H,1-3H3;1-2H3. The normalized spacial score (nSPS) is 8.75. The first kappa shape index (κ1) is 11.6. The molecule has 0 atom stereocenters. The lowest BCUT2D eigenvalue weighted by Crippen LogP contribution is -1.82. The molecule has 0 nitrogen and oxygen atoms in total. The van der Waals surface area contributed by atoms with Crippen molar-refractivity contribution >= 4 is 11.8 Å². The van der Waals surface area contributed by atoms with E-state index < -0.39 is 0 Å². The van der Waals surface area contributed by atoms with Crippen LogP contribution in [0.15, 0.2) is 23.1 Å². The molecule has 0 radical (unpaired) electrons. The van der Waals surface area contributed by atoms with Crippen LogP contribution in [0.5, 0.6) is 0 Å². The molecule has 0 aromatic heterocycles. The summed E-state index contributed by atoms with van der Waals surface area (Å²) in [6.07, 6.45) is 2.11. The summed E-state index contributed by atoms with van der Waals surface area (Å²) < 4.78 is 0. The molecule has 1 rings (SSSR count). The van der Waals surface area contributed by atoms with Gasteiger partial charge in [0.25, 0.3) is 0 Å². The quantitative estimate of drug-likeness (QED) is 0.590. The molecule has 0 heterocycles. The third-order valence-electron chi connectivity index (χ3n) is 1.77. The van der Waals surface area contributed by atoms with Gasteiger partial charge in [0.1, 0.15) is 0 Å². The van der Waals surface area contributed by atoms with Crippen molar-refractivity contribution in [2.75, 3.05) is 6.26 Å². The van der Waals surface area contributed by atoms with Gasteiger partial charge in [-0.3, -0.25) is 0 Å². The highest BCUT2D eigenvalue weighted by Gasteiger charge is 1.96. The second-order valence-electron chi connectivity index (χ2n) is 2.40. The van der Waals surface area contributed by atoms with E-state index in [9.17, 15) is 0 Å². The van der Waals surface area contributed by atoms with E-state index in [-0.39, 0.29) is 0 Å². The van der Waals surface area contributed by atoms with Crippen molar-refractivity contribution in [2.24, 2.45) is 0 Å². The molecule has 1 aromatic carbocycles. The van der Waals surface area contributed by atoms with Crippen LogP contribution in [-0.2, 0) is 0 Å². The average Bonchev–Trinajstić information content (AvgIpc) is 2.13. The molecule has 1 heteroatoms. The molecule has 0 unspecified atom stereocenters. The maximum atomic E-state index is 2.17. The van der Waals surface area contributed by atoms with Crippen LogP contribution in [0.1, 0.15) is 25.0 Å². The smallest absolute Gasteiger partial charge is 0.0101 e. The van der Waals surface area contributed by atoms with Crippen LogP contribution in [-0.4, -0.2) is 6.26 Å².